The monoisotopic (exact) mass is 382 g/mol. The SMILES string of the molecule is CCCN1C(=O)Cc2ccccc2[C@H]1C(=O)NCc1cc(OC)ccc1OC. The fraction of sp³-hybridized carbons (Fsp3) is 0.364. The van der Waals surface area contributed by atoms with Gasteiger partial charge in [0.1, 0.15) is 17.5 Å². The number of amides is 2. The van der Waals surface area contributed by atoms with Gasteiger partial charge in [-0.25, -0.2) is 0 Å². The summed E-state index contributed by atoms with van der Waals surface area (Å²) in [6, 6.07) is 12.5. The molecule has 2 aromatic rings. The van der Waals surface area contributed by atoms with E-state index in [1.54, 1.807) is 19.1 Å². The van der Waals surface area contributed by atoms with Gasteiger partial charge in [0.05, 0.1) is 20.6 Å². The molecule has 1 atom stereocenters. The summed E-state index contributed by atoms with van der Waals surface area (Å²) in [6.45, 7) is 2.84. The lowest BCUT2D eigenvalue weighted by molar-refractivity contribution is -0.141. The van der Waals surface area contributed by atoms with Crippen molar-refractivity contribution in [2.24, 2.45) is 0 Å². The number of fused-ring (bicyclic) bond motifs is 1. The summed E-state index contributed by atoms with van der Waals surface area (Å²) in [5.41, 5.74) is 2.62. The van der Waals surface area contributed by atoms with E-state index in [2.05, 4.69) is 5.32 Å². The summed E-state index contributed by atoms with van der Waals surface area (Å²) < 4.78 is 10.7. The standard InChI is InChI=1S/C22H26N2O4/c1-4-11-24-20(25)13-15-7-5-6-8-18(15)21(24)22(26)23-14-16-12-17(27-2)9-10-19(16)28-3/h5-10,12,21H,4,11,13-14H2,1-3H3,(H,23,26)/t21-/m0/s1. The molecule has 6 nitrogen and oxygen atoms in total. The van der Waals surface area contributed by atoms with Crippen LogP contribution in [0.3, 0.4) is 0 Å². The summed E-state index contributed by atoms with van der Waals surface area (Å²) in [4.78, 5) is 27.5. The molecule has 0 saturated carbocycles. The van der Waals surface area contributed by atoms with Crippen molar-refractivity contribution >= 4 is 11.8 Å². The molecule has 2 aromatic carbocycles. The second-order valence-electron chi connectivity index (χ2n) is 6.76. The smallest absolute Gasteiger partial charge is 0.247 e. The third kappa shape index (κ3) is 3.96. The highest BCUT2D eigenvalue weighted by Gasteiger charge is 2.36. The van der Waals surface area contributed by atoms with Gasteiger partial charge in [-0.2, -0.15) is 0 Å². The molecule has 3 rings (SSSR count). The minimum Gasteiger partial charge on any atom is -0.497 e. The fourth-order valence-corrected chi connectivity index (χ4v) is 3.61. The van der Waals surface area contributed by atoms with Crippen molar-refractivity contribution in [1.29, 1.82) is 0 Å². The van der Waals surface area contributed by atoms with Crippen LogP contribution in [0.15, 0.2) is 42.5 Å². The van der Waals surface area contributed by atoms with Crippen molar-refractivity contribution < 1.29 is 19.1 Å². The molecular weight excluding hydrogens is 356 g/mol. The molecule has 0 aliphatic carbocycles. The lowest BCUT2D eigenvalue weighted by Crippen LogP contribution is -2.47. The van der Waals surface area contributed by atoms with Crippen LogP contribution < -0.4 is 14.8 Å². The minimum absolute atomic E-state index is 0.0142. The lowest BCUT2D eigenvalue weighted by Gasteiger charge is -2.36. The molecule has 1 aliphatic rings. The Morgan fingerprint density at radius 1 is 1.18 bits per heavy atom. The number of nitrogens with one attached hydrogen (secondary N) is 1. The quantitative estimate of drug-likeness (QED) is 0.800. The van der Waals surface area contributed by atoms with Crippen LogP contribution in [0.4, 0.5) is 0 Å². The Morgan fingerprint density at radius 3 is 2.68 bits per heavy atom. The molecule has 0 aromatic heterocycles. The zero-order valence-electron chi connectivity index (χ0n) is 16.5. The van der Waals surface area contributed by atoms with Crippen LogP contribution in [-0.4, -0.2) is 37.5 Å². The molecule has 2 amide bonds. The van der Waals surface area contributed by atoms with Crippen molar-refractivity contribution in [3.05, 3.63) is 59.2 Å². The number of nitrogens with zero attached hydrogens (tertiary/aromatic N) is 1. The molecule has 1 N–H and O–H groups in total. The van der Waals surface area contributed by atoms with Crippen LogP contribution in [0.1, 0.15) is 36.1 Å². The van der Waals surface area contributed by atoms with Gasteiger partial charge in [-0.05, 0) is 35.7 Å². The molecule has 0 unspecified atom stereocenters. The largest absolute Gasteiger partial charge is 0.497 e. The van der Waals surface area contributed by atoms with Crippen molar-refractivity contribution in [1.82, 2.24) is 10.2 Å². The van der Waals surface area contributed by atoms with Crippen LogP contribution in [-0.2, 0) is 22.6 Å². The minimum atomic E-state index is -0.617. The molecule has 0 fully saturated rings. The first-order valence-electron chi connectivity index (χ1n) is 9.45. The van der Waals surface area contributed by atoms with E-state index >= 15 is 0 Å². The van der Waals surface area contributed by atoms with E-state index in [4.69, 9.17) is 9.47 Å². The number of methoxy groups -OCH3 is 2. The highest BCUT2D eigenvalue weighted by atomic mass is 16.5. The topological polar surface area (TPSA) is 67.9 Å². The highest BCUT2D eigenvalue weighted by molar-refractivity contribution is 5.92. The average molecular weight is 382 g/mol. The fourth-order valence-electron chi connectivity index (χ4n) is 3.61. The maximum atomic E-state index is 13.1. The third-order valence-corrected chi connectivity index (χ3v) is 4.98. The van der Waals surface area contributed by atoms with Crippen LogP contribution in [0, 0.1) is 0 Å². The van der Waals surface area contributed by atoms with Crippen molar-refractivity contribution in [2.75, 3.05) is 20.8 Å². The predicted octanol–water partition coefficient (Wildman–Crippen LogP) is 2.86. The zero-order chi connectivity index (χ0) is 20.1. The predicted molar refractivity (Wildman–Crippen MR) is 106 cm³/mol. The molecule has 0 bridgehead atoms. The van der Waals surface area contributed by atoms with Crippen LogP contribution in [0.2, 0.25) is 0 Å². The number of ether oxygens (including phenoxy) is 2. The van der Waals surface area contributed by atoms with E-state index in [0.29, 0.717) is 24.5 Å². The second-order valence-corrected chi connectivity index (χ2v) is 6.76. The van der Waals surface area contributed by atoms with E-state index in [0.717, 1.165) is 23.1 Å². The number of benzene rings is 2. The molecule has 0 saturated heterocycles. The number of carbonyl (C=O) groups is 2. The van der Waals surface area contributed by atoms with Gasteiger partial charge in [0.15, 0.2) is 0 Å². The summed E-state index contributed by atoms with van der Waals surface area (Å²) >= 11 is 0. The first kappa shape index (κ1) is 19.7. The molecular formula is C22H26N2O4. The number of hydrogen-bond acceptors (Lipinski definition) is 4. The van der Waals surface area contributed by atoms with Crippen molar-refractivity contribution in [3.63, 3.8) is 0 Å². The summed E-state index contributed by atoms with van der Waals surface area (Å²) in [6.07, 6.45) is 1.13. The van der Waals surface area contributed by atoms with Crippen molar-refractivity contribution in [2.45, 2.75) is 32.4 Å². The summed E-state index contributed by atoms with van der Waals surface area (Å²) in [7, 11) is 3.18. The Bertz CT molecular complexity index is 865. The third-order valence-electron chi connectivity index (χ3n) is 4.98. The maximum Gasteiger partial charge on any atom is 0.247 e. The number of rotatable bonds is 7. The van der Waals surface area contributed by atoms with E-state index in [1.165, 1.54) is 0 Å². The first-order chi connectivity index (χ1) is 13.6. The molecule has 0 radical (unpaired) electrons. The molecule has 6 heteroatoms. The normalized spacial score (nSPS) is 15.8. The van der Waals surface area contributed by atoms with Gasteiger partial charge >= 0.3 is 0 Å². The molecule has 1 aliphatic heterocycles. The lowest BCUT2D eigenvalue weighted by atomic mass is 9.91. The van der Waals surface area contributed by atoms with Crippen LogP contribution in [0.25, 0.3) is 0 Å². The number of carbonyl (C=O) groups excluding carboxylic acids is 2. The second kappa shape index (κ2) is 8.78. The van der Waals surface area contributed by atoms with Gasteiger partial charge in [-0.1, -0.05) is 31.2 Å². The summed E-state index contributed by atoms with van der Waals surface area (Å²) in [5.74, 6) is 1.15. The Morgan fingerprint density at radius 2 is 1.96 bits per heavy atom. The van der Waals surface area contributed by atoms with E-state index < -0.39 is 6.04 Å². The molecule has 28 heavy (non-hydrogen) atoms. The van der Waals surface area contributed by atoms with Gasteiger partial charge in [0.25, 0.3) is 0 Å². The van der Waals surface area contributed by atoms with E-state index in [-0.39, 0.29) is 18.4 Å². The van der Waals surface area contributed by atoms with Crippen LogP contribution >= 0.6 is 0 Å². The molecule has 148 valence electrons. The molecule has 0 spiro atoms. The van der Waals surface area contributed by atoms with Gasteiger partial charge in [-0.3, -0.25) is 9.59 Å². The van der Waals surface area contributed by atoms with Gasteiger partial charge < -0.3 is 19.7 Å². The highest BCUT2D eigenvalue weighted by Crippen LogP contribution is 2.31. The van der Waals surface area contributed by atoms with Gasteiger partial charge in [0, 0.05) is 18.7 Å². The van der Waals surface area contributed by atoms with Gasteiger partial charge in [-0.15, -0.1) is 0 Å². The Hall–Kier alpha value is -3.02. The summed E-state index contributed by atoms with van der Waals surface area (Å²) in [5, 5.41) is 2.98. The Kier molecular flexibility index (Phi) is 6.19. The number of hydrogen-bond donors (Lipinski definition) is 1. The molecule has 1 heterocycles. The Labute approximate surface area is 165 Å². The average Bonchev–Trinajstić information content (AvgIpc) is 2.72. The maximum absolute atomic E-state index is 13.1. The first-order valence-corrected chi connectivity index (χ1v) is 9.45. The van der Waals surface area contributed by atoms with Gasteiger partial charge in [0.2, 0.25) is 11.8 Å². The Balaban J connectivity index is 1.85. The van der Waals surface area contributed by atoms with E-state index in [1.807, 2.05) is 49.4 Å². The van der Waals surface area contributed by atoms with Crippen molar-refractivity contribution in [3.8, 4) is 11.5 Å². The zero-order valence-corrected chi connectivity index (χ0v) is 16.5. The van der Waals surface area contributed by atoms with Crippen LogP contribution in [0.5, 0.6) is 11.5 Å². The van der Waals surface area contributed by atoms with E-state index in [9.17, 15) is 9.59 Å².